The normalized spacial score (nSPS) is 14.6. The van der Waals surface area contributed by atoms with Gasteiger partial charge in [-0.05, 0) is 6.42 Å². The molecule has 0 fully saturated rings. The van der Waals surface area contributed by atoms with E-state index in [1.54, 1.807) is 0 Å². The highest BCUT2D eigenvalue weighted by Crippen LogP contribution is 2.02. The summed E-state index contributed by atoms with van der Waals surface area (Å²) in [5.74, 6) is -1.65. The molecule has 0 saturated heterocycles. The number of aliphatic hydroxyl groups is 1. The minimum Gasteiger partial charge on any atom is -0.479 e. The van der Waals surface area contributed by atoms with Gasteiger partial charge in [-0.15, -0.1) is 0 Å². The second-order valence-electron chi connectivity index (χ2n) is 2.88. The van der Waals surface area contributed by atoms with Crippen molar-refractivity contribution < 1.29 is 19.8 Å². The summed E-state index contributed by atoms with van der Waals surface area (Å²) in [7, 11) is 1.29. The summed E-state index contributed by atoms with van der Waals surface area (Å²) in [6.45, 7) is 1.85. The van der Waals surface area contributed by atoms with Crippen molar-refractivity contribution in [2.45, 2.75) is 31.9 Å². The Balaban J connectivity index is 4.22. The number of aliphatic carboxylic acids is 1. The van der Waals surface area contributed by atoms with Crippen LogP contribution in [0.15, 0.2) is 0 Å². The van der Waals surface area contributed by atoms with Crippen LogP contribution in [-0.2, 0) is 4.79 Å². The van der Waals surface area contributed by atoms with Gasteiger partial charge in [0, 0.05) is 0 Å². The molecule has 0 radical (unpaired) electrons. The largest absolute Gasteiger partial charge is 0.479 e. The molecule has 0 saturated carbocycles. The Morgan fingerprint density at radius 3 is 2.38 bits per heavy atom. The van der Waals surface area contributed by atoms with Crippen LogP contribution < -0.4 is 5.32 Å². The first-order valence-corrected chi connectivity index (χ1v) is 4.17. The Morgan fingerprint density at radius 1 is 1.54 bits per heavy atom. The summed E-state index contributed by atoms with van der Waals surface area (Å²) >= 11 is 0. The molecular formula is C7H14BNO4. The molecule has 0 aliphatic carbocycles. The van der Waals surface area contributed by atoms with Crippen molar-refractivity contribution in [3.05, 3.63) is 0 Å². The number of amides is 1. The number of hydrogen-bond acceptors (Lipinski definition) is 3. The van der Waals surface area contributed by atoms with E-state index < -0.39 is 18.1 Å². The highest BCUT2D eigenvalue weighted by molar-refractivity contribution is 6.57. The highest BCUT2D eigenvalue weighted by Gasteiger charge is 2.25. The lowest BCUT2D eigenvalue weighted by Gasteiger charge is -2.19. The molecule has 0 aromatic carbocycles. The van der Waals surface area contributed by atoms with Gasteiger partial charge in [0.25, 0.3) is 0 Å². The lowest BCUT2D eigenvalue weighted by molar-refractivity contribution is -0.148. The molecule has 0 heterocycles. The first-order valence-electron chi connectivity index (χ1n) is 4.17. The zero-order valence-corrected chi connectivity index (χ0v) is 7.78. The molecule has 5 nitrogen and oxygen atoms in total. The van der Waals surface area contributed by atoms with E-state index in [0.717, 1.165) is 0 Å². The first-order chi connectivity index (χ1) is 5.99. The summed E-state index contributed by atoms with van der Waals surface area (Å²) in [4.78, 5) is 21.0. The van der Waals surface area contributed by atoms with Gasteiger partial charge in [-0.25, -0.2) is 4.79 Å². The summed E-state index contributed by atoms with van der Waals surface area (Å²) in [6.07, 6.45) is -0.369. The van der Waals surface area contributed by atoms with Crippen LogP contribution in [-0.4, -0.2) is 42.0 Å². The monoisotopic (exact) mass is 187 g/mol. The molecule has 0 rings (SSSR count). The van der Waals surface area contributed by atoms with Crippen molar-refractivity contribution >= 4 is 19.6 Å². The van der Waals surface area contributed by atoms with Crippen LogP contribution in [0.1, 0.15) is 19.8 Å². The number of carbonyl (C=O) groups excluding carboxylic acids is 1. The van der Waals surface area contributed by atoms with Crippen LogP contribution in [0.3, 0.4) is 0 Å². The third kappa shape index (κ3) is 4.52. The van der Waals surface area contributed by atoms with Gasteiger partial charge >= 0.3 is 5.97 Å². The number of carbonyl (C=O) groups is 2. The fourth-order valence-electron chi connectivity index (χ4n) is 1.05. The number of carboxylic acids is 1. The van der Waals surface area contributed by atoms with Crippen molar-refractivity contribution in [3.8, 4) is 0 Å². The van der Waals surface area contributed by atoms with Crippen LogP contribution in [0, 0.1) is 0 Å². The van der Waals surface area contributed by atoms with E-state index in [-0.39, 0.29) is 5.81 Å². The van der Waals surface area contributed by atoms with Crippen LogP contribution in [0.5, 0.6) is 0 Å². The number of rotatable bonds is 5. The molecule has 74 valence electrons. The molecule has 2 atom stereocenters. The first kappa shape index (κ1) is 12.0. The molecule has 0 aromatic rings. The van der Waals surface area contributed by atoms with Crippen molar-refractivity contribution in [1.82, 2.24) is 5.32 Å². The molecule has 0 aliphatic rings. The van der Waals surface area contributed by atoms with Gasteiger partial charge in [0.2, 0.25) is 7.85 Å². The van der Waals surface area contributed by atoms with Crippen molar-refractivity contribution in [2.24, 2.45) is 0 Å². The van der Waals surface area contributed by atoms with E-state index in [1.807, 2.05) is 6.92 Å². The van der Waals surface area contributed by atoms with E-state index in [0.29, 0.717) is 12.8 Å². The average molecular weight is 187 g/mol. The van der Waals surface area contributed by atoms with E-state index in [4.69, 9.17) is 10.2 Å². The summed E-state index contributed by atoms with van der Waals surface area (Å²) in [6, 6.07) is -0.694. The quantitative estimate of drug-likeness (QED) is 0.479. The number of nitrogens with one attached hydrogen (secondary N) is 1. The summed E-state index contributed by atoms with van der Waals surface area (Å²) < 4.78 is 0. The summed E-state index contributed by atoms with van der Waals surface area (Å²) in [5, 5.41) is 20.0. The molecule has 1 amide bonds. The fraction of sp³-hybridized carbons (Fsp3) is 0.714. The van der Waals surface area contributed by atoms with E-state index in [9.17, 15) is 9.59 Å². The van der Waals surface area contributed by atoms with Gasteiger partial charge in [0.15, 0.2) is 11.9 Å². The number of aliphatic hydroxyl groups excluding tert-OH is 1. The molecular weight excluding hydrogens is 173 g/mol. The average Bonchev–Trinajstić information content (AvgIpc) is 2.01. The van der Waals surface area contributed by atoms with Gasteiger partial charge in [0.05, 0.1) is 6.04 Å². The Labute approximate surface area is 77.5 Å². The molecule has 1 unspecified atom stereocenters. The van der Waals surface area contributed by atoms with Crippen molar-refractivity contribution in [2.75, 3.05) is 0 Å². The number of carboxylic acid groups (broad SMARTS) is 1. The SMILES string of the molecule is BC(=O)N[C@@H](CCC)C(O)C(=O)O. The molecule has 0 spiro atoms. The molecule has 0 aromatic heterocycles. The molecule has 0 bridgehead atoms. The minimum atomic E-state index is -1.52. The second-order valence-corrected chi connectivity index (χ2v) is 2.88. The lowest BCUT2D eigenvalue weighted by Crippen LogP contribution is -2.46. The standard InChI is InChI=1S/C7H14BNO4/c1-2-3-4(9-7(8)13)5(10)6(11)12/h4-5,10H,2-3,8H2,1H3,(H,9,13)(H,11,12)/t4-,5?/m0/s1. The maximum absolute atomic E-state index is 10.6. The highest BCUT2D eigenvalue weighted by atomic mass is 16.4. The molecule has 3 N–H and O–H groups in total. The topological polar surface area (TPSA) is 86.6 Å². The number of hydrogen-bond donors (Lipinski definition) is 3. The Kier molecular flexibility index (Phi) is 5.14. The van der Waals surface area contributed by atoms with Gasteiger partial charge < -0.3 is 15.5 Å². The van der Waals surface area contributed by atoms with E-state index >= 15 is 0 Å². The Morgan fingerprint density at radius 2 is 2.08 bits per heavy atom. The maximum atomic E-state index is 10.6. The third-order valence-corrected chi connectivity index (χ3v) is 1.62. The van der Waals surface area contributed by atoms with E-state index in [1.165, 1.54) is 7.85 Å². The van der Waals surface area contributed by atoms with Crippen LogP contribution in [0.2, 0.25) is 0 Å². The predicted molar refractivity (Wildman–Crippen MR) is 49.4 cm³/mol. The Bertz CT molecular complexity index is 197. The second kappa shape index (κ2) is 5.58. The van der Waals surface area contributed by atoms with Crippen LogP contribution in [0.4, 0.5) is 4.79 Å². The minimum absolute atomic E-state index is 0.334. The smallest absolute Gasteiger partial charge is 0.334 e. The van der Waals surface area contributed by atoms with Gasteiger partial charge in [-0.1, -0.05) is 13.3 Å². The molecule has 13 heavy (non-hydrogen) atoms. The van der Waals surface area contributed by atoms with Gasteiger partial charge in [-0.3, -0.25) is 4.79 Å². The van der Waals surface area contributed by atoms with Gasteiger partial charge in [0.1, 0.15) is 0 Å². The maximum Gasteiger partial charge on any atom is 0.334 e. The van der Waals surface area contributed by atoms with Crippen LogP contribution in [0.25, 0.3) is 0 Å². The molecule has 6 heteroatoms. The molecule has 0 aliphatic heterocycles. The van der Waals surface area contributed by atoms with Crippen molar-refractivity contribution in [3.63, 3.8) is 0 Å². The summed E-state index contributed by atoms with van der Waals surface area (Å²) in [5.41, 5.74) is 0. The van der Waals surface area contributed by atoms with Crippen molar-refractivity contribution in [1.29, 1.82) is 0 Å². The Hall–Kier alpha value is -1.04. The lowest BCUT2D eigenvalue weighted by atomic mass is 10.0. The zero-order chi connectivity index (χ0) is 10.4. The fourth-order valence-corrected chi connectivity index (χ4v) is 1.05. The zero-order valence-electron chi connectivity index (χ0n) is 7.78. The predicted octanol–water partition coefficient (Wildman–Crippen LogP) is -1.06. The van der Waals surface area contributed by atoms with Gasteiger partial charge in [-0.2, -0.15) is 0 Å². The van der Waals surface area contributed by atoms with E-state index in [2.05, 4.69) is 5.32 Å². The van der Waals surface area contributed by atoms with Crippen LogP contribution >= 0.6 is 0 Å². The third-order valence-electron chi connectivity index (χ3n) is 1.62.